The molecule has 1 aromatic rings. The SMILES string of the molecule is COc1ccc(C=C(C)CNC2CCCCNC2=O)cc1. The van der Waals surface area contributed by atoms with Crippen LogP contribution in [0, 0.1) is 0 Å². The maximum atomic E-state index is 11.8. The molecule has 0 aliphatic carbocycles. The van der Waals surface area contributed by atoms with E-state index in [9.17, 15) is 4.79 Å². The van der Waals surface area contributed by atoms with E-state index in [4.69, 9.17) is 4.74 Å². The second-order valence-corrected chi connectivity index (χ2v) is 5.48. The maximum absolute atomic E-state index is 11.8. The van der Waals surface area contributed by atoms with Crippen molar-refractivity contribution in [2.45, 2.75) is 32.2 Å². The zero-order valence-corrected chi connectivity index (χ0v) is 12.8. The Morgan fingerprint density at radius 2 is 2.14 bits per heavy atom. The van der Waals surface area contributed by atoms with Gasteiger partial charge in [0.25, 0.3) is 0 Å². The van der Waals surface area contributed by atoms with E-state index in [1.54, 1.807) is 7.11 Å². The van der Waals surface area contributed by atoms with Crippen LogP contribution in [0.3, 0.4) is 0 Å². The van der Waals surface area contributed by atoms with Gasteiger partial charge in [-0.2, -0.15) is 0 Å². The molecule has 1 aliphatic heterocycles. The third-order valence-corrected chi connectivity index (χ3v) is 3.69. The summed E-state index contributed by atoms with van der Waals surface area (Å²) in [5, 5.41) is 6.29. The molecule has 2 rings (SSSR count). The number of amides is 1. The van der Waals surface area contributed by atoms with Gasteiger partial charge in [0.15, 0.2) is 0 Å². The minimum absolute atomic E-state index is 0.0632. The van der Waals surface area contributed by atoms with E-state index in [0.29, 0.717) is 0 Å². The Labute approximate surface area is 126 Å². The first kappa shape index (κ1) is 15.6. The monoisotopic (exact) mass is 288 g/mol. The lowest BCUT2D eigenvalue weighted by molar-refractivity contribution is -0.122. The zero-order valence-electron chi connectivity index (χ0n) is 12.8. The largest absolute Gasteiger partial charge is 0.497 e. The van der Waals surface area contributed by atoms with Crippen molar-refractivity contribution in [3.63, 3.8) is 0 Å². The molecule has 1 fully saturated rings. The van der Waals surface area contributed by atoms with Gasteiger partial charge in [0, 0.05) is 13.1 Å². The topological polar surface area (TPSA) is 50.4 Å². The summed E-state index contributed by atoms with van der Waals surface area (Å²) >= 11 is 0. The minimum Gasteiger partial charge on any atom is -0.497 e. The molecule has 1 unspecified atom stereocenters. The number of carbonyl (C=O) groups excluding carboxylic acids is 1. The number of hydrogen-bond acceptors (Lipinski definition) is 3. The second-order valence-electron chi connectivity index (χ2n) is 5.48. The number of benzene rings is 1. The van der Waals surface area contributed by atoms with Crippen LogP contribution < -0.4 is 15.4 Å². The molecular formula is C17H24N2O2. The molecule has 0 bridgehead atoms. The van der Waals surface area contributed by atoms with Crippen molar-refractivity contribution in [1.82, 2.24) is 10.6 Å². The molecule has 2 N–H and O–H groups in total. The van der Waals surface area contributed by atoms with E-state index in [0.717, 1.165) is 43.7 Å². The van der Waals surface area contributed by atoms with Gasteiger partial charge >= 0.3 is 0 Å². The van der Waals surface area contributed by atoms with Crippen LogP contribution in [-0.4, -0.2) is 32.1 Å². The van der Waals surface area contributed by atoms with Crippen molar-refractivity contribution in [1.29, 1.82) is 0 Å². The van der Waals surface area contributed by atoms with Crippen LogP contribution in [0.25, 0.3) is 6.08 Å². The summed E-state index contributed by atoms with van der Waals surface area (Å²) in [5.41, 5.74) is 2.35. The smallest absolute Gasteiger partial charge is 0.237 e. The fourth-order valence-electron chi connectivity index (χ4n) is 2.45. The summed E-state index contributed by atoms with van der Waals surface area (Å²) in [6.07, 6.45) is 5.21. The Morgan fingerprint density at radius 1 is 1.38 bits per heavy atom. The molecule has 0 spiro atoms. The molecule has 4 heteroatoms. The summed E-state index contributed by atoms with van der Waals surface area (Å²) < 4.78 is 5.15. The first-order valence-electron chi connectivity index (χ1n) is 7.51. The summed E-state index contributed by atoms with van der Waals surface area (Å²) in [7, 11) is 1.66. The Hall–Kier alpha value is -1.81. The Balaban J connectivity index is 1.88. The molecule has 1 atom stereocenters. The lowest BCUT2D eigenvalue weighted by Crippen LogP contribution is -2.43. The maximum Gasteiger partial charge on any atom is 0.237 e. The molecule has 1 amide bonds. The predicted molar refractivity (Wildman–Crippen MR) is 85.3 cm³/mol. The van der Waals surface area contributed by atoms with Gasteiger partial charge in [-0.3, -0.25) is 4.79 Å². The molecule has 1 aromatic carbocycles. The zero-order chi connectivity index (χ0) is 15.1. The first-order chi connectivity index (χ1) is 10.2. The summed E-state index contributed by atoms with van der Waals surface area (Å²) in [5.74, 6) is 0.989. The first-order valence-corrected chi connectivity index (χ1v) is 7.51. The third kappa shape index (κ3) is 4.90. The van der Waals surface area contributed by atoms with Crippen molar-refractivity contribution < 1.29 is 9.53 Å². The highest BCUT2D eigenvalue weighted by Gasteiger charge is 2.19. The fraction of sp³-hybridized carbons (Fsp3) is 0.471. The van der Waals surface area contributed by atoms with Crippen molar-refractivity contribution in [3.05, 3.63) is 35.4 Å². The molecule has 0 saturated carbocycles. The van der Waals surface area contributed by atoms with Crippen molar-refractivity contribution in [3.8, 4) is 5.75 Å². The number of nitrogens with one attached hydrogen (secondary N) is 2. The third-order valence-electron chi connectivity index (χ3n) is 3.69. The summed E-state index contributed by atoms with van der Waals surface area (Å²) in [4.78, 5) is 11.8. The molecule has 1 aliphatic rings. The molecule has 4 nitrogen and oxygen atoms in total. The van der Waals surface area contributed by atoms with Crippen LogP contribution in [0.2, 0.25) is 0 Å². The van der Waals surface area contributed by atoms with Gasteiger partial charge < -0.3 is 15.4 Å². The number of methoxy groups -OCH3 is 1. The highest BCUT2D eigenvalue weighted by atomic mass is 16.5. The molecule has 114 valence electrons. The van der Waals surface area contributed by atoms with Gasteiger partial charge in [-0.1, -0.05) is 23.8 Å². The van der Waals surface area contributed by atoms with Gasteiger partial charge in [0.2, 0.25) is 5.91 Å². The number of carbonyl (C=O) groups is 1. The van der Waals surface area contributed by atoms with Gasteiger partial charge in [-0.25, -0.2) is 0 Å². The normalized spacial score (nSPS) is 19.8. The van der Waals surface area contributed by atoms with Crippen LogP contribution in [-0.2, 0) is 4.79 Å². The van der Waals surface area contributed by atoms with Crippen molar-refractivity contribution >= 4 is 12.0 Å². The molecule has 1 saturated heterocycles. The van der Waals surface area contributed by atoms with E-state index in [2.05, 4.69) is 23.6 Å². The molecule has 21 heavy (non-hydrogen) atoms. The van der Waals surface area contributed by atoms with Crippen molar-refractivity contribution in [2.24, 2.45) is 0 Å². The second kappa shape index (κ2) is 7.84. The highest BCUT2D eigenvalue weighted by Crippen LogP contribution is 2.14. The molecule has 0 aromatic heterocycles. The van der Waals surface area contributed by atoms with Gasteiger partial charge in [-0.15, -0.1) is 0 Å². The fourth-order valence-corrected chi connectivity index (χ4v) is 2.45. The number of ether oxygens (including phenoxy) is 1. The summed E-state index contributed by atoms with van der Waals surface area (Å²) in [6, 6.07) is 7.89. The van der Waals surface area contributed by atoms with Crippen molar-refractivity contribution in [2.75, 3.05) is 20.2 Å². The lowest BCUT2D eigenvalue weighted by atomic mass is 10.1. The molecule has 1 heterocycles. The minimum atomic E-state index is -0.0632. The number of rotatable bonds is 5. The molecule has 0 radical (unpaired) electrons. The predicted octanol–water partition coefficient (Wildman–Crippen LogP) is 2.36. The Kier molecular flexibility index (Phi) is 5.81. The van der Waals surface area contributed by atoms with E-state index in [1.807, 2.05) is 24.3 Å². The van der Waals surface area contributed by atoms with Crippen LogP contribution in [0.15, 0.2) is 29.8 Å². The Bertz CT molecular complexity index is 494. The average molecular weight is 288 g/mol. The van der Waals surface area contributed by atoms with Crippen LogP contribution in [0.4, 0.5) is 0 Å². The van der Waals surface area contributed by atoms with E-state index in [-0.39, 0.29) is 11.9 Å². The summed E-state index contributed by atoms with van der Waals surface area (Å²) in [6.45, 7) is 3.60. The van der Waals surface area contributed by atoms with Gasteiger partial charge in [0.1, 0.15) is 5.75 Å². The van der Waals surface area contributed by atoms with Crippen LogP contribution in [0.5, 0.6) is 5.75 Å². The number of hydrogen-bond donors (Lipinski definition) is 2. The highest BCUT2D eigenvalue weighted by molar-refractivity contribution is 5.81. The quantitative estimate of drug-likeness (QED) is 0.874. The van der Waals surface area contributed by atoms with Crippen LogP contribution in [0.1, 0.15) is 31.7 Å². The molecular weight excluding hydrogens is 264 g/mol. The Morgan fingerprint density at radius 3 is 2.86 bits per heavy atom. The average Bonchev–Trinajstić information content (AvgIpc) is 2.70. The van der Waals surface area contributed by atoms with E-state index in [1.165, 1.54) is 5.57 Å². The lowest BCUT2D eigenvalue weighted by Gasteiger charge is -2.15. The standard InChI is InChI=1S/C17H24N2O2/c1-13(11-14-6-8-15(21-2)9-7-14)12-19-16-5-3-4-10-18-17(16)20/h6-9,11,16,19H,3-5,10,12H2,1-2H3,(H,18,20). The van der Waals surface area contributed by atoms with Crippen LogP contribution >= 0.6 is 0 Å². The van der Waals surface area contributed by atoms with E-state index < -0.39 is 0 Å². The van der Waals surface area contributed by atoms with E-state index >= 15 is 0 Å². The van der Waals surface area contributed by atoms with Gasteiger partial charge in [0.05, 0.1) is 13.2 Å². The van der Waals surface area contributed by atoms with Gasteiger partial charge in [-0.05, 0) is 43.9 Å².